The number of hydrogen-bond donors (Lipinski definition) is 1. The van der Waals surface area contributed by atoms with Crippen molar-refractivity contribution in [2.75, 3.05) is 6.61 Å². The zero-order valence-electron chi connectivity index (χ0n) is 13.0. The summed E-state index contributed by atoms with van der Waals surface area (Å²) < 4.78 is 6.15. The summed E-state index contributed by atoms with van der Waals surface area (Å²) in [7, 11) is -1.67. The molecule has 3 heteroatoms. The Hall–Kier alpha value is 0.137. The number of hydrogen-bond acceptors (Lipinski definition) is 2. The smallest absolute Gasteiger partial charge is 0.191 e. The minimum atomic E-state index is -1.67. The van der Waals surface area contributed by atoms with Gasteiger partial charge < -0.3 is 9.53 Å². The number of rotatable bonds is 6. The van der Waals surface area contributed by atoms with Crippen molar-refractivity contribution in [1.29, 1.82) is 0 Å². The Morgan fingerprint density at radius 3 is 1.94 bits per heavy atom. The minimum absolute atomic E-state index is 0.221. The summed E-state index contributed by atoms with van der Waals surface area (Å²) >= 11 is 0. The topological polar surface area (TPSA) is 29.5 Å². The van der Waals surface area contributed by atoms with Crippen molar-refractivity contribution < 1.29 is 9.53 Å². The van der Waals surface area contributed by atoms with E-state index in [9.17, 15) is 5.11 Å². The van der Waals surface area contributed by atoms with Gasteiger partial charge in [0.2, 0.25) is 0 Å². The maximum Gasteiger partial charge on any atom is 0.191 e. The van der Waals surface area contributed by atoms with Gasteiger partial charge >= 0.3 is 0 Å². The van der Waals surface area contributed by atoms with Crippen molar-refractivity contribution in [1.82, 2.24) is 0 Å². The van der Waals surface area contributed by atoms with E-state index in [0.717, 1.165) is 6.42 Å². The summed E-state index contributed by atoms with van der Waals surface area (Å²) in [6, 6.07) is 0. The van der Waals surface area contributed by atoms with E-state index in [-0.39, 0.29) is 17.1 Å². The number of aliphatic hydroxyl groups excluding tert-OH is 1. The monoisotopic (exact) mass is 260 g/mol. The second-order valence-corrected chi connectivity index (χ2v) is 11.7. The van der Waals surface area contributed by atoms with Gasteiger partial charge in [0.25, 0.3) is 0 Å². The lowest BCUT2D eigenvalue weighted by Gasteiger charge is -2.37. The lowest BCUT2D eigenvalue weighted by molar-refractivity contribution is 0.0380. The Morgan fingerprint density at radius 2 is 1.59 bits per heavy atom. The molecule has 1 N–H and O–H groups in total. The van der Waals surface area contributed by atoms with E-state index < -0.39 is 8.32 Å². The molecule has 0 rings (SSSR count). The summed E-state index contributed by atoms with van der Waals surface area (Å²) in [5.41, 5.74) is 0. The summed E-state index contributed by atoms with van der Waals surface area (Å²) in [4.78, 5) is 0. The highest BCUT2D eigenvalue weighted by molar-refractivity contribution is 6.74. The Labute approximate surface area is 109 Å². The van der Waals surface area contributed by atoms with Crippen molar-refractivity contribution in [3.8, 4) is 0 Å². The van der Waals surface area contributed by atoms with E-state index in [0.29, 0.717) is 12.5 Å². The third-order valence-electron chi connectivity index (χ3n) is 4.32. The normalized spacial score (nSPS) is 18.9. The Kier molecular flexibility index (Phi) is 6.40. The van der Waals surface area contributed by atoms with E-state index in [4.69, 9.17) is 4.43 Å². The minimum Gasteiger partial charge on any atom is -0.416 e. The third-order valence-corrected chi connectivity index (χ3v) is 8.82. The highest BCUT2D eigenvalue weighted by atomic mass is 28.4. The van der Waals surface area contributed by atoms with Crippen LogP contribution in [0.1, 0.15) is 48.0 Å². The molecule has 0 unspecified atom stereocenters. The molecule has 0 aliphatic rings. The van der Waals surface area contributed by atoms with Crippen LogP contribution in [0, 0.1) is 11.8 Å². The molecule has 0 saturated carbocycles. The molecule has 0 aliphatic carbocycles. The van der Waals surface area contributed by atoms with Crippen LogP contribution in [0.15, 0.2) is 0 Å². The van der Waals surface area contributed by atoms with Gasteiger partial charge in [-0.3, -0.25) is 0 Å². The molecule has 0 spiro atoms. The van der Waals surface area contributed by atoms with E-state index in [1.807, 2.05) is 0 Å². The van der Waals surface area contributed by atoms with Crippen molar-refractivity contribution in [2.45, 2.75) is 72.2 Å². The second kappa shape index (κ2) is 6.35. The van der Waals surface area contributed by atoms with Crippen molar-refractivity contribution in [2.24, 2.45) is 11.8 Å². The zero-order valence-corrected chi connectivity index (χ0v) is 14.0. The molecule has 0 bridgehead atoms. The third kappa shape index (κ3) is 5.10. The van der Waals surface area contributed by atoms with Crippen LogP contribution < -0.4 is 0 Å². The average molecular weight is 260 g/mol. The van der Waals surface area contributed by atoms with Gasteiger partial charge in [-0.2, -0.15) is 0 Å². The predicted octanol–water partition coefficient (Wildman–Crippen LogP) is 4.05. The Morgan fingerprint density at radius 1 is 1.12 bits per heavy atom. The van der Waals surface area contributed by atoms with Gasteiger partial charge in [-0.05, 0) is 24.1 Å². The van der Waals surface area contributed by atoms with Gasteiger partial charge in [-0.15, -0.1) is 0 Å². The van der Waals surface area contributed by atoms with E-state index in [1.165, 1.54) is 0 Å². The van der Waals surface area contributed by atoms with Gasteiger partial charge in [-0.25, -0.2) is 0 Å². The first kappa shape index (κ1) is 17.1. The van der Waals surface area contributed by atoms with Crippen molar-refractivity contribution >= 4 is 8.32 Å². The molecule has 17 heavy (non-hydrogen) atoms. The molecule has 3 atom stereocenters. The fourth-order valence-electron chi connectivity index (χ4n) is 1.46. The molecule has 0 saturated heterocycles. The maximum atomic E-state index is 10.1. The SMILES string of the molecule is CC[C@H](C)[C@@H](O)[C@H](C)CO[Si](C)(C)C(C)(C)C. The maximum absolute atomic E-state index is 10.1. The fraction of sp³-hybridized carbons (Fsp3) is 1.00. The van der Waals surface area contributed by atoms with Gasteiger partial charge in [0, 0.05) is 12.5 Å². The fourth-order valence-corrected chi connectivity index (χ4v) is 2.57. The van der Waals surface area contributed by atoms with Crippen LogP contribution in [0.4, 0.5) is 0 Å². The highest BCUT2D eigenvalue weighted by Crippen LogP contribution is 2.37. The predicted molar refractivity (Wildman–Crippen MR) is 77.8 cm³/mol. The molecule has 0 amide bonds. The lowest BCUT2D eigenvalue weighted by atomic mass is 9.92. The molecule has 0 fully saturated rings. The molecule has 0 aliphatic heterocycles. The first-order valence-electron chi connectivity index (χ1n) is 6.85. The molecule has 0 heterocycles. The van der Waals surface area contributed by atoms with E-state index in [2.05, 4.69) is 54.6 Å². The molecule has 0 aromatic heterocycles. The largest absolute Gasteiger partial charge is 0.416 e. The summed E-state index contributed by atoms with van der Waals surface area (Å²) in [5, 5.41) is 10.4. The van der Waals surface area contributed by atoms with Crippen LogP contribution in [0.3, 0.4) is 0 Å². The first-order chi connectivity index (χ1) is 7.53. The standard InChI is InChI=1S/C14H32O2Si/c1-9-11(2)13(15)12(3)10-16-17(7,8)14(4,5)6/h11-13,15H,9-10H2,1-8H3/t11-,12+,13+/m0/s1. The van der Waals surface area contributed by atoms with Crippen molar-refractivity contribution in [3.05, 3.63) is 0 Å². The van der Waals surface area contributed by atoms with E-state index >= 15 is 0 Å². The molecular formula is C14H32O2Si. The van der Waals surface area contributed by atoms with E-state index in [1.54, 1.807) is 0 Å². The molecule has 0 aromatic rings. The van der Waals surface area contributed by atoms with Gasteiger partial charge in [0.1, 0.15) is 0 Å². The zero-order chi connectivity index (χ0) is 13.9. The lowest BCUT2D eigenvalue weighted by Crippen LogP contribution is -2.43. The molecule has 0 radical (unpaired) electrons. The first-order valence-corrected chi connectivity index (χ1v) is 9.75. The van der Waals surface area contributed by atoms with Crippen LogP contribution in [0.2, 0.25) is 18.1 Å². The summed E-state index contributed by atoms with van der Waals surface area (Å²) in [5.74, 6) is 0.576. The Bertz CT molecular complexity index is 221. The molecule has 104 valence electrons. The number of aliphatic hydroxyl groups is 1. The second-order valence-electron chi connectivity index (χ2n) is 6.92. The average Bonchev–Trinajstić information content (AvgIpc) is 2.22. The highest BCUT2D eigenvalue weighted by Gasteiger charge is 2.37. The van der Waals surface area contributed by atoms with Gasteiger partial charge in [0.05, 0.1) is 6.10 Å². The van der Waals surface area contributed by atoms with Gasteiger partial charge in [-0.1, -0.05) is 48.0 Å². The molecule has 0 aromatic carbocycles. The van der Waals surface area contributed by atoms with Gasteiger partial charge in [0.15, 0.2) is 8.32 Å². The van der Waals surface area contributed by atoms with Crippen LogP contribution in [0.5, 0.6) is 0 Å². The summed E-state index contributed by atoms with van der Waals surface area (Å²) in [6.45, 7) is 18.2. The van der Waals surface area contributed by atoms with Crippen LogP contribution >= 0.6 is 0 Å². The summed E-state index contributed by atoms with van der Waals surface area (Å²) in [6.07, 6.45) is 0.774. The quantitative estimate of drug-likeness (QED) is 0.730. The Balaban J connectivity index is 4.29. The van der Waals surface area contributed by atoms with Crippen LogP contribution in [-0.4, -0.2) is 26.1 Å². The van der Waals surface area contributed by atoms with Crippen LogP contribution in [0.25, 0.3) is 0 Å². The van der Waals surface area contributed by atoms with Crippen molar-refractivity contribution in [3.63, 3.8) is 0 Å². The molecular weight excluding hydrogens is 228 g/mol. The molecule has 2 nitrogen and oxygen atoms in total. The van der Waals surface area contributed by atoms with Crippen LogP contribution in [-0.2, 0) is 4.43 Å².